The predicted octanol–water partition coefficient (Wildman–Crippen LogP) is 3.04. The second kappa shape index (κ2) is 8.27. The molecular formula is C15H22BrNO3. The van der Waals surface area contributed by atoms with Crippen molar-refractivity contribution in [1.82, 2.24) is 5.32 Å². The maximum absolute atomic E-state index is 11.7. The third-order valence-electron chi connectivity index (χ3n) is 2.83. The molecule has 1 aromatic rings. The van der Waals surface area contributed by atoms with Crippen LogP contribution in [0.15, 0.2) is 22.7 Å². The minimum Gasteiger partial charge on any atom is -0.483 e. The fourth-order valence-corrected chi connectivity index (χ4v) is 2.01. The number of hydrogen-bond donors (Lipinski definition) is 2. The minimum absolute atomic E-state index is 0.0474. The molecule has 0 aliphatic heterocycles. The highest BCUT2D eigenvalue weighted by atomic mass is 79.9. The average Bonchev–Trinajstić information content (AvgIpc) is 2.35. The number of benzene rings is 1. The van der Waals surface area contributed by atoms with Crippen molar-refractivity contribution in [2.45, 2.75) is 33.3 Å². The fraction of sp³-hybridized carbons (Fsp3) is 0.533. The lowest BCUT2D eigenvalue weighted by atomic mass is 10.1. The third-order valence-corrected chi connectivity index (χ3v) is 3.32. The largest absolute Gasteiger partial charge is 0.483 e. The Bertz CT molecular complexity index is 447. The van der Waals surface area contributed by atoms with E-state index >= 15 is 0 Å². The van der Waals surface area contributed by atoms with Gasteiger partial charge in [-0.15, -0.1) is 0 Å². The number of carbonyl (C=O) groups excluding carboxylic acids is 1. The van der Waals surface area contributed by atoms with Gasteiger partial charge in [-0.05, 0) is 31.4 Å². The molecule has 1 amide bonds. The molecule has 0 aliphatic rings. The molecule has 5 heteroatoms. The third kappa shape index (κ3) is 5.92. The maximum atomic E-state index is 11.7. The lowest BCUT2D eigenvalue weighted by Crippen LogP contribution is -2.30. The monoisotopic (exact) mass is 343 g/mol. The summed E-state index contributed by atoms with van der Waals surface area (Å²) in [6, 6.07) is 5.36. The first-order valence-electron chi connectivity index (χ1n) is 6.77. The minimum atomic E-state index is -0.637. The highest BCUT2D eigenvalue weighted by molar-refractivity contribution is 9.10. The van der Waals surface area contributed by atoms with Crippen LogP contribution in [0.25, 0.3) is 0 Å². The Morgan fingerprint density at radius 1 is 1.40 bits per heavy atom. The molecule has 0 fully saturated rings. The molecule has 1 atom stereocenters. The van der Waals surface area contributed by atoms with E-state index in [1.807, 2.05) is 6.07 Å². The van der Waals surface area contributed by atoms with Gasteiger partial charge >= 0.3 is 0 Å². The zero-order valence-electron chi connectivity index (χ0n) is 12.1. The lowest BCUT2D eigenvalue weighted by Gasteiger charge is -2.14. The number of hydrogen-bond acceptors (Lipinski definition) is 3. The van der Waals surface area contributed by atoms with Gasteiger partial charge in [0.1, 0.15) is 5.75 Å². The zero-order chi connectivity index (χ0) is 15.1. The van der Waals surface area contributed by atoms with E-state index in [-0.39, 0.29) is 12.5 Å². The van der Waals surface area contributed by atoms with Crippen molar-refractivity contribution >= 4 is 21.8 Å². The van der Waals surface area contributed by atoms with Crippen LogP contribution in [0, 0.1) is 5.92 Å². The second-order valence-corrected chi connectivity index (χ2v) is 6.09. The molecule has 4 nitrogen and oxygen atoms in total. The van der Waals surface area contributed by atoms with Gasteiger partial charge in [0.05, 0.1) is 6.10 Å². The first-order chi connectivity index (χ1) is 9.40. The Labute approximate surface area is 128 Å². The van der Waals surface area contributed by atoms with Crippen molar-refractivity contribution < 1.29 is 14.6 Å². The summed E-state index contributed by atoms with van der Waals surface area (Å²) in [6.45, 7) is 6.49. The maximum Gasteiger partial charge on any atom is 0.257 e. The smallest absolute Gasteiger partial charge is 0.257 e. The van der Waals surface area contributed by atoms with Gasteiger partial charge in [-0.25, -0.2) is 0 Å². The lowest BCUT2D eigenvalue weighted by molar-refractivity contribution is -0.123. The molecule has 2 N–H and O–H groups in total. The van der Waals surface area contributed by atoms with Gasteiger partial charge in [0.2, 0.25) is 0 Å². The van der Waals surface area contributed by atoms with Crippen LogP contribution in [-0.4, -0.2) is 24.2 Å². The van der Waals surface area contributed by atoms with Crippen molar-refractivity contribution in [3.8, 4) is 5.75 Å². The van der Waals surface area contributed by atoms with Crippen molar-refractivity contribution in [2.75, 3.05) is 13.2 Å². The number of halogens is 1. The summed E-state index contributed by atoms with van der Waals surface area (Å²) < 4.78 is 6.34. The zero-order valence-corrected chi connectivity index (χ0v) is 13.7. The van der Waals surface area contributed by atoms with Crippen molar-refractivity contribution in [1.29, 1.82) is 0 Å². The molecule has 0 aliphatic carbocycles. The Hall–Kier alpha value is -1.07. The molecule has 0 aromatic heterocycles. The Morgan fingerprint density at radius 3 is 2.70 bits per heavy atom. The van der Waals surface area contributed by atoms with Gasteiger partial charge in [-0.2, -0.15) is 0 Å². The quantitative estimate of drug-likeness (QED) is 0.799. The summed E-state index contributed by atoms with van der Waals surface area (Å²) in [7, 11) is 0. The molecule has 0 saturated carbocycles. The van der Waals surface area contributed by atoms with Crippen molar-refractivity contribution in [3.05, 3.63) is 28.2 Å². The van der Waals surface area contributed by atoms with E-state index in [1.165, 1.54) is 0 Å². The summed E-state index contributed by atoms with van der Waals surface area (Å²) in [4.78, 5) is 11.7. The van der Waals surface area contributed by atoms with Gasteiger partial charge in [0, 0.05) is 16.6 Å². The summed E-state index contributed by atoms with van der Waals surface area (Å²) >= 11 is 3.35. The van der Waals surface area contributed by atoms with E-state index in [1.54, 1.807) is 19.1 Å². The number of rotatable bonds is 7. The normalized spacial score (nSPS) is 12.3. The highest BCUT2D eigenvalue weighted by Gasteiger charge is 2.11. The van der Waals surface area contributed by atoms with Crippen LogP contribution in [-0.2, 0) is 4.79 Å². The molecule has 0 bridgehead atoms. The summed E-state index contributed by atoms with van der Waals surface area (Å²) in [5.41, 5.74) is 0.670. The molecule has 1 aromatic carbocycles. The summed E-state index contributed by atoms with van der Waals surface area (Å²) in [6.07, 6.45) is 0.309. The summed E-state index contributed by atoms with van der Waals surface area (Å²) in [5, 5.41) is 12.5. The van der Waals surface area contributed by atoms with Crippen LogP contribution in [0.4, 0.5) is 0 Å². The van der Waals surface area contributed by atoms with Crippen LogP contribution in [0.2, 0.25) is 0 Å². The number of amides is 1. The first kappa shape index (κ1) is 17.0. The molecule has 20 heavy (non-hydrogen) atoms. The fourth-order valence-electron chi connectivity index (χ4n) is 1.67. The predicted molar refractivity (Wildman–Crippen MR) is 82.7 cm³/mol. The van der Waals surface area contributed by atoms with E-state index in [4.69, 9.17) is 4.74 Å². The SMILES string of the molecule is CC(C)CCNC(=O)COc1cc(Br)ccc1[C@H](C)O. The van der Waals surface area contributed by atoms with E-state index in [0.29, 0.717) is 23.8 Å². The molecule has 0 unspecified atom stereocenters. The number of nitrogens with one attached hydrogen (secondary N) is 1. The van der Waals surface area contributed by atoms with Crippen LogP contribution >= 0.6 is 15.9 Å². The molecule has 1 rings (SSSR count). The number of aliphatic hydroxyl groups is 1. The van der Waals surface area contributed by atoms with E-state index in [9.17, 15) is 9.90 Å². The van der Waals surface area contributed by atoms with Crippen molar-refractivity contribution in [3.63, 3.8) is 0 Å². The molecule has 0 radical (unpaired) electrons. The topological polar surface area (TPSA) is 58.6 Å². The number of carbonyl (C=O) groups is 1. The average molecular weight is 344 g/mol. The molecule has 112 valence electrons. The Balaban J connectivity index is 2.52. The highest BCUT2D eigenvalue weighted by Crippen LogP contribution is 2.28. The molecular weight excluding hydrogens is 322 g/mol. The van der Waals surface area contributed by atoms with Crippen molar-refractivity contribution in [2.24, 2.45) is 5.92 Å². The van der Waals surface area contributed by atoms with E-state index < -0.39 is 6.10 Å². The van der Waals surface area contributed by atoms with E-state index in [2.05, 4.69) is 35.1 Å². The standard InChI is InChI=1S/C15H22BrNO3/c1-10(2)6-7-17-15(19)9-20-14-8-12(16)4-5-13(14)11(3)18/h4-5,8,10-11,18H,6-7,9H2,1-3H3,(H,17,19)/t11-/m0/s1. The van der Waals surface area contributed by atoms with Gasteiger partial charge in [0.15, 0.2) is 6.61 Å². The summed E-state index contributed by atoms with van der Waals surface area (Å²) in [5.74, 6) is 0.929. The first-order valence-corrected chi connectivity index (χ1v) is 7.56. The Morgan fingerprint density at radius 2 is 2.10 bits per heavy atom. The second-order valence-electron chi connectivity index (χ2n) is 5.18. The van der Waals surface area contributed by atoms with Gasteiger partial charge in [0.25, 0.3) is 5.91 Å². The van der Waals surface area contributed by atoms with Gasteiger partial charge in [-0.1, -0.05) is 35.8 Å². The number of aliphatic hydroxyl groups excluding tert-OH is 1. The molecule has 0 saturated heterocycles. The van der Waals surface area contributed by atoms with Crippen LogP contribution < -0.4 is 10.1 Å². The van der Waals surface area contributed by atoms with Crippen LogP contribution in [0.1, 0.15) is 38.9 Å². The molecule has 0 heterocycles. The number of ether oxygens (including phenoxy) is 1. The van der Waals surface area contributed by atoms with Gasteiger partial charge in [-0.3, -0.25) is 4.79 Å². The Kier molecular flexibility index (Phi) is 7.02. The van der Waals surface area contributed by atoms with Gasteiger partial charge < -0.3 is 15.2 Å². The van der Waals surface area contributed by atoms with Crippen LogP contribution in [0.5, 0.6) is 5.75 Å². The molecule has 0 spiro atoms. The van der Waals surface area contributed by atoms with E-state index in [0.717, 1.165) is 10.9 Å². The van der Waals surface area contributed by atoms with Crippen LogP contribution in [0.3, 0.4) is 0 Å².